The summed E-state index contributed by atoms with van der Waals surface area (Å²) in [5.41, 5.74) is 5.35. The smallest absolute Gasteiger partial charge is 0.0751 e. The van der Waals surface area contributed by atoms with Crippen LogP contribution in [0.4, 0.5) is 0 Å². The highest BCUT2D eigenvalue weighted by atomic mass is 16.5. The van der Waals surface area contributed by atoms with Gasteiger partial charge in [0.05, 0.1) is 11.7 Å². The first kappa shape index (κ1) is 10.9. The summed E-state index contributed by atoms with van der Waals surface area (Å²) >= 11 is 0. The fraction of sp³-hybridized carbons (Fsp3) is 1.00. The van der Waals surface area contributed by atoms with Gasteiger partial charge in [-0.2, -0.15) is 0 Å². The van der Waals surface area contributed by atoms with Crippen LogP contribution in [0.1, 0.15) is 34.6 Å². The molecule has 68 valence electrons. The number of hydrogen-bond donors (Lipinski definition) is 1. The molecular weight excluding hydrogens is 138 g/mol. The number of rotatable bonds is 4. The Hall–Kier alpha value is -0.0800. The van der Waals surface area contributed by atoms with Gasteiger partial charge in [-0.05, 0) is 26.7 Å². The highest BCUT2D eigenvalue weighted by Crippen LogP contribution is 2.15. The summed E-state index contributed by atoms with van der Waals surface area (Å²) in [4.78, 5) is 0. The second-order valence-electron chi connectivity index (χ2n) is 4.03. The van der Waals surface area contributed by atoms with E-state index in [9.17, 15) is 0 Å². The Morgan fingerprint density at radius 1 is 1.27 bits per heavy atom. The fourth-order valence-electron chi connectivity index (χ4n) is 0.687. The van der Waals surface area contributed by atoms with Crippen molar-refractivity contribution in [3.63, 3.8) is 0 Å². The number of hydrogen-bond acceptors (Lipinski definition) is 2. The molecule has 0 amide bonds. The summed E-state index contributed by atoms with van der Waals surface area (Å²) < 4.78 is 5.72. The lowest BCUT2D eigenvalue weighted by atomic mass is 10.1. The first-order valence-corrected chi connectivity index (χ1v) is 4.27. The van der Waals surface area contributed by atoms with E-state index < -0.39 is 0 Å². The Kier molecular flexibility index (Phi) is 4.04. The third kappa shape index (κ3) is 4.38. The van der Waals surface area contributed by atoms with Crippen molar-refractivity contribution in [2.24, 2.45) is 11.7 Å². The van der Waals surface area contributed by atoms with Crippen molar-refractivity contribution in [2.45, 2.75) is 46.3 Å². The highest BCUT2D eigenvalue weighted by molar-refractivity contribution is 4.71. The van der Waals surface area contributed by atoms with Crippen LogP contribution in [0.25, 0.3) is 0 Å². The molecule has 2 nitrogen and oxygen atoms in total. The number of nitrogens with two attached hydrogens (primary N) is 1. The van der Waals surface area contributed by atoms with E-state index in [0.29, 0.717) is 12.5 Å². The van der Waals surface area contributed by atoms with Crippen LogP contribution >= 0.6 is 0 Å². The van der Waals surface area contributed by atoms with Gasteiger partial charge in [0.2, 0.25) is 0 Å². The Bertz CT molecular complexity index is 110. The molecule has 0 aliphatic heterocycles. The van der Waals surface area contributed by atoms with Crippen molar-refractivity contribution >= 4 is 0 Å². The standard InChI is InChI=1S/C9H21NO/c1-7(2)8(3)11-9(4,5)6-10/h7-8H,6,10H2,1-5H3. The molecule has 2 heteroatoms. The van der Waals surface area contributed by atoms with Crippen molar-refractivity contribution in [1.29, 1.82) is 0 Å². The Morgan fingerprint density at radius 3 is 2.00 bits per heavy atom. The quantitative estimate of drug-likeness (QED) is 0.678. The van der Waals surface area contributed by atoms with E-state index in [1.165, 1.54) is 0 Å². The molecule has 0 spiro atoms. The Balaban J connectivity index is 3.83. The summed E-state index contributed by atoms with van der Waals surface area (Å²) in [5.74, 6) is 0.556. The zero-order chi connectivity index (χ0) is 9.07. The minimum absolute atomic E-state index is 0.177. The van der Waals surface area contributed by atoms with Crippen LogP contribution in [-0.4, -0.2) is 18.2 Å². The summed E-state index contributed by atoms with van der Waals surface area (Å²) in [6.07, 6.45) is 0.286. The minimum Gasteiger partial charge on any atom is -0.371 e. The summed E-state index contributed by atoms with van der Waals surface area (Å²) in [6, 6.07) is 0. The van der Waals surface area contributed by atoms with E-state index in [1.807, 2.05) is 13.8 Å². The van der Waals surface area contributed by atoms with Gasteiger partial charge in [0.25, 0.3) is 0 Å². The Morgan fingerprint density at radius 2 is 1.73 bits per heavy atom. The van der Waals surface area contributed by atoms with E-state index in [-0.39, 0.29) is 11.7 Å². The van der Waals surface area contributed by atoms with Gasteiger partial charge in [-0.15, -0.1) is 0 Å². The molecule has 0 aromatic heterocycles. The molecule has 0 fully saturated rings. The fourth-order valence-corrected chi connectivity index (χ4v) is 0.687. The maximum Gasteiger partial charge on any atom is 0.0751 e. The van der Waals surface area contributed by atoms with Gasteiger partial charge in [-0.3, -0.25) is 0 Å². The molecule has 1 unspecified atom stereocenters. The van der Waals surface area contributed by atoms with E-state index in [0.717, 1.165) is 0 Å². The van der Waals surface area contributed by atoms with Gasteiger partial charge in [0.15, 0.2) is 0 Å². The molecule has 2 N–H and O–H groups in total. The van der Waals surface area contributed by atoms with Crippen molar-refractivity contribution < 1.29 is 4.74 Å². The van der Waals surface area contributed by atoms with E-state index in [4.69, 9.17) is 10.5 Å². The molecule has 11 heavy (non-hydrogen) atoms. The minimum atomic E-state index is -0.177. The first-order valence-electron chi connectivity index (χ1n) is 4.27. The average molecular weight is 159 g/mol. The maximum absolute atomic E-state index is 5.72. The molecule has 0 heterocycles. The predicted octanol–water partition coefficient (Wildman–Crippen LogP) is 1.78. The maximum atomic E-state index is 5.72. The highest BCUT2D eigenvalue weighted by Gasteiger charge is 2.20. The second kappa shape index (κ2) is 4.07. The summed E-state index contributed by atoms with van der Waals surface area (Å²) in [6.45, 7) is 11.0. The second-order valence-corrected chi connectivity index (χ2v) is 4.03. The van der Waals surface area contributed by atoms with E-state index >= 15 is 0 Å². The van der Waals surface area contributed by atoms with Crippen molar-refractivity contribution in [1.82, 2.24) is 0 Å². The Labute approximate surface area is 70.1 Å². The molecule has 0 saturated carbocycles. The molecule has 0 aromatic rings. The molecule has 0 rings (SSSR count). The zero-order valence-corrected chi connectivity index (χ0v) is 8.35. The van der Waals surface area contributed by atoms with Crippen LogP contribution in [0, 0.1) is 5.92 Å². The molecule has 0 saturated heterocycles. The molecule has 0 bridgehead atoms. The zero-order valence-electron chi connectivity index (χ0n) is 8.35. The van der Waals surface area contributed by atoms with E-state index in [2.05, 4.69) is 20.8 Å². The lowest BCUT2D eigenvalue weighted by molar-refractivity contribution is -0.0752. The van der Waals surface area contributed by atoms with Gasteiger partial charge in [0.1, 0.15) is 0 Å². The lowest BCUT2D eigenvalue weighted by Crippen LogP contribution is -2.38. The monoisotopic (exact) mass is 159 g/mol. The topological polar surface area (TPSA) is 35.2 Å². The predicted molar refractivity (Wildman–Crippen MR) is 48.5 cm³/mol. The largest absolute Gasteiger partial charge is 0.371 e. The molecule has 1 atom stereocenters. The van der Waals surface area contributed by atoms with Gasteiger partial charge >= 0.3 is 0 Å². The molecule has 0 radical (unpaired) electrons. The molecule has 0 aromatic carbocycles. The normalized spacial score (nSPS) is 15.5. The van der Waals surface area contributed by atoms with Crippen LogP contribution < -0.4 is 5.73 Å². The van der Waals surface area contributed by atoms with Crippen LogP contribution in [0.15, 0.2) is 0 Å². The van der Waals surface area contributed by atoms with Gasteiger partial charge in [-0.1, -0.05) is 13.8 Å². The number of ether oxygens (including phenoxy) is 1. The van der Waals surface area contributed by atoms with Gasteiger partial charge in [-0.25, -0.2) is 0 Å². The van der Waals surface area contributed by atoms with Crippen molar-refractivity contribution in [2.75, 3.05) is 6.54 Å². The van der Waals surface area contributed by atoms with Crippen molar-refractivity contribution in [3.8, 4) is 0 Å². The van der Waals surface area contributed by atoms with Crippen LogP contribution in [0.2, 0.25) is 0 Å². The van der Waals surface area contributed by atoms with Gasteiger partial charge in [0, 0.05) is 6.54 Å². The SMILES string of the molecule is CC(C)C(C)OC(C)(C)CN. The van der Waals surface area contributed by atoms with Gasteiger partial charge < -0.3 is 10.5 Å². The van der Waals surface area contributed by atoms with Crippen LogP contribution in [0.3, 0.4) is 0 Å². The third-order valence-corrected chi connectivity index (χ3v) is 1.94. The summed E-state index contributed by atoms with van der Waals surface area (Å²) in [5, 5.41) is 0. The molecule has 0 aliphatic rings. The first-order chi connectivity index (χ1) is 4.89. The average Bonchev–Trinajstić information content (AvgIpc) is 1.87. The summed E-state index contributed by atoms with van der Waals surface area (Å²) in [7, 11) is 0. The van der Waals surface area contributed by atoms with Crippen LogP contribution in [0.5, 0.6) is 0 Å². The lowest BCUT2D eigenvalue weighted by Gasteiger charge is -2.29. The molecular formula is C9H21NO. The molecule has 0 aliphatic carbocycles. The van der Waals surface area contributed by atoms with Crippen molar-refractivity contribution in [3.05, 3.63) is 0 Å². The van der Waals surface area contributed by atoms with Crippen LogP contribution in [-0.2, 0) is 4.74 Å². The van der Waals surface area contributed by atoms with E-state index in [1.54, 1.807) is 0 Å². The third-order valence-electron chi connectivity index (χ3n) is 1.94.